The molecule has 1 N–H and O–H groups in total. The van der Waals surface area contributed by atoms with Crippen LogP contribution in [0.5, 0.6) is 0 Å². The van der Waals surface area contributed by atoms with E-state index in [2.05, 4.69) is 24.1 Å². The maximum atomic E-state index is 12.2. The van der Waals surface area contributed by atoms with Gasteiger partial charge >= 0.3 is 0 Å². The number of nitrogens with one attached hydrogen (secondary N) is 1. The highest BCUT2D eigenvalue weighted by atomic mass is 16.2. The maximum absolute atomic E-state index is 12.2. The lowest BCUT2D eigenvalue weighted by Crippen LogP contribution is -2.53. The van der Waals surface area contributed by atoms with Crippen molar-refractivity contribution in [2.75, 3.05) is 13.6 Å². The fourth-order valence-electron chi connectivity index (χ4n) is 3.20. The van der Waals surface area contributed by atoms with Gasteiger partial charge in [0.05, 0.1) is 6.04 Å². The molecule has 0 aromatic carbocycles. The molecule has 0 radical (unpaired) electrons. The Balaban J connectivity index is 2.01. The van der Waals surface area contributed by atoms with Gasteiger partial charge in [0.1, 0.15) is 0 Å². The van der Waals surface area contributed by atoms with Gasteiger partial charge in [-0.05, 0) is 44.6 Å². The molecule has 0 spiro atoms. The summed E-state index contributed by atoms with van der Waals surface area (Å²) in [7, 11) is 1.89. The first-order valence-corrected chi connectivity index (χ1v) is 6.51. The van der Waals surface area contributed by atoms with Crippen LogP contribution in [-0.4, -0.2) is 36.5 Å². The standard InChI is InChI=1S/C13H24N2O/c1-13(2)7-6-10(9-13)15-8-4-5-11(14-3)12(15)16/h10-11,14H,4-9H2,1-3H3. The van der Waals surface area contributed by atoms with E-state index in [4.69, 9.17) is 0 Å². The van der Waals surface area contributed by atoms with Crippen LogP contribution in [0.4, 0.5) is 0 Å². The minimum Gasteiger partial charge on any atom is -0.338 e. The van der Waals surface area contributed by atoms with Crippen molar-refractivity contribution in [1.82, 2.24) is 10.2 Å². The van der Waals surface area contributed by atoms with Crippen molar-refractivity contribution in [3.05, 3.63) is 0 Å². The summed E-state index contributed by atoms with van der Waals surface area (Å²) >= 11 is 0. The van der Waals surface area contributed by atoms with Crippen LogP contribution >= 0.6 is 0 Å². The number of carbonyl (C=O) groups excluding carboxylic acids is 1. The molecule has 1 amide bonds. The SMILES string of the molecule is CNC1CCCN(C2CCC(C)(C)C2)C1=O. The molecule has 0 aromatic heterocycles. The molecule has 2 aliphatic rings. The molecule has 1 aliphatic heterocycles. The first-order chi connectivity index (χ1) is 7.53. The molecule has 16 heavy (non-hydrogen) atoms. The molecule has 92 valence electrons. The zero-order chi connectivity index (χ0) is 11.8. The molecule has 3 heteroatoms. The average Bonchev–Trinajstić information content (AvgIpc) is 2.59. The molecule has 2 atom stereocenters. The van der Waals surface area contributed by atoms with Crippen LogP contribution in [-0.2, 0) is 4.79 Å². The lowest BCUT2D eigenvalue weighted by molar-refractivity contribution is -0.138. The summed E-state index contributed by atoms with van der Waals surface area (Å²) in [6, 6.07) is 0.566. The third-order valence-electron chi connectivity index (χ3n) is 4.20. The molecule has 0 bridgehead atoms. The van der Waals surface area contributed by atoms with Gasteiger partial charge in [-0.3, -0.25) is 4.79 Å². The summed E-state index contributed by atoms with van der Waals surface area (Å²) in [5.74, 6) is 0.330. The smallest absolute Gasteiger partial charge is 0.239 e. The van der Waals surface area contributed by atoms with Crippen LogP contribution in [0.1, 0.15) is 46.0 Å². The van der Waals surface area contributed by atoms with Crippen molar-refractivity contribution in [3.8, 4) is 0 Å². The second kappa shape index (κ2) is 4.36. The average molecular weight is 224 g/mol. The third kappa shape index (κ3) is 2.24. The second-order valence-corrected chi connectivity index (χ2v) is 6.08. The molecular formula is C13H24N2O. The van der Waals surface area contributed by atoms with Crippen LogP contribution in [0, 0.1) is 5.41 Å². The van der Waals surface area contributed by atoms with E-state index in [1.165, 1.54) is 19.3 Å². The van der Waals surface area contributed by atoms with Crippen LogP contribution in [0.25, 0.3) is 0 Å². The third-order valence-corrected chi connectivity index (χ3v) is 4.20. The topological polar surface area (TPSA) is 32.3 Å². The normalized spacial score (nSPS) is 34.4. The maximum Gasteiger partial charge on any atom is 0.239 e. The Morgan fingerprint density at radius 2 is 2.12 bits per heavy atom. The zero-order valence-corrected chi connectivity index (χ0v) is 10.8. The predicted octanol–water partition coefficient (Wildman–Crippen LogP) is 1.78. The van der Waals surface area contributed by atoms with Gasteiger partial charge in [-0.1, -0.05) is 13.8 Å². The lowest BCUT2D eigenvalue weighted by Gasteiger charge is -2.37. The zero-order valence-electron chi connectivity index (χ0n) is 10.8. The molecular weight excluding hydrogens is 200 g/mol. The van der Waals surface area contributed by atoms with Crippen molar-refractivity contribution in [3.63, 3.8) is 0 Å². The number of carbonyl (C=O) groups is 1. The van der Waals surface area contributed by atoms with Gasteiger partial charge in [-0.15, -0.1) is 0 Å². The van der Waals surface area contributed by atoms with Crippen molar-refractivity contribution < 1.29 is 4.79 Å². The molecule has 2 fully saturated rings. The van der Waals surface area contributed by atoms with E-state index >= 15 is 0 Å². The van der Waals surface area contributed by atoms with Crippen LogP contribution in [0.2, 0.25) is 0 Å². The highest BCUT2D eigenvalue weighted by molar-refractivity contribution is 5.82. The number of likely N-dealkylation sites (N-methyl/N-ethyl adjacent to an activating group) is 1. The van der Waals surface area contributed by atoms with E-state index in [-0.39, 0.29) is 6.04 Å². The highest BCUT2D eigenvalue weighted by Crippen LogP contribution is 2.40. The van der Waals surface area contributed by atoms with Crippen molar-refractivity contribution in [1.29, 1.82) is 0 Å². The summed E-state index contributed by atoms with van der Waals surface area (Å²) in [6.07, 6.45) is 5.77. The first-order valence-electron chi connectivity index (χ1n) is 6.51. The molecule has 1 saturated carbocycles. The number of hydrogen-bond donors (Lipinski definition) is 1. The Kier molecular flexibility index (Phi) is 3.24. The number of likely N-dealkylation sites (tertiary alicyclic amines) is 1. The van der Waals surface area contributed by atoms with Crippen LogP contribution in [0.3, 0.4) is 0 Å². The monoisotopic (exact) mass is 224 g/mol. The van der Waals surface area contributed by atoms with Gasteiger partial charge in [0.25, 0.3) is 0 Å². The van der Waals surface area contributed by atoms with Gasteiger partial charge in [-0.2, -0.15) is 0 Å². The van der Waals surface area contributed by atoms with E-state index in [1.807, 2.05) is 7.05 Å². The molecule has 1 aliphatic carbocycles. The predicted molar refractivity (Wildman–Crippen MR) is 65.2 cm³/mol. The first kappa shape index (κ1) is 11.9. The molecule has 2 rings (SSSR count). The van der Waals surface area contributed by atoms with E-state index in [9.17, 15) is 4.79 Å². The minimum atomic E-state index is 0.0671. The largest absolute Gasteiger partial charge is 0.338 e. The summed E-state index contributed by atoms with van der Waals surface area (Å²) in [4.78, 5) is 14.4. The summed E-state index contributed by atoms with van der Waals surface area (Å²) in [5.41, 5.74) is 0.428. The van der Waals surface area contributed by atoms with E-state index < -0.39 is 0 Å². The Morgan fingerprint density at radius 1 is 1.38 bits per heavy atom. The van der Waals surface area contributed by atoms with Crippen molar-refractivity contribution in [2.45, 2.75) is 58.0 Å². The Morgan fingerprint density at radius 3 is 2.69 bits per heavy atom. The Hall–Kier alpha value is -0.570. The molecule has 2 unspecified atom stereocenters. The number of hydrogen-bond acceptors (Lipinski definition) is 2. The van der Waals surface area contributed by atoms with Gasteiger partial charge in [0, 0.05) is 12.6 Å². The number of piperidine rings is 1. The van der Waals surface area contributed by atoms with Crippen molar-refractivity contribution >= 4 is 5.91 Å². The fraction of sp³-hybridized carbons (Fsp3) is 0.923. The fourth-order valence-corrected chi connectivity index (χ4v) is 3.20. The quantitative estimate of drug-likeness (QED) is 0.775. The molecule has 1 heterocycles. The number of amides is 1. The van der Waals surface area contributed by atoms with Crippen LogP contribution < -0.4 is 5.32 Å². The van der Waals surface area contributed by atoms with Crippen LogP contribution in [0.15, 0.2) is 0 Å². The molecule has 1 saturated heterocycles. The van der Waals surface area contributed by atoms with Gasteiger partial charge in [0.2, 0.25) is 5.91 Å². The summed E-state index contributed by atoms with van der Waals surface area (Å²) < 4.78 is 0. The van der Waals surface area contributed by atoms with Gasteiger partial charge in [0.15, 0.2) is 0 Å². The minimum absolute atomic E-state index is 0.0671. The lowest BCUT2D eigenvalue weighted by atomic mass is 9.91. The number of rotatable bonds is 2. The van der Waals surface area contributed by atoms with E-state index in [0.717, 1.165) is 19.4 Å². The summed E-state index contributed by atoms with van der Waals surface area (Å²) in [5, 5.41) is 3.14. The van der Waals surface area contributed by atoms with Crippen molar-refractivity contribution in [2.24, 2.45) is 5.41 Å². The highest BCUT2D eigenvalue weighted by Gasteiger charge is 2.39. The summed E-state index contributed by atoms with van der Waals surface area (Å²) in [6.45, 7) is 5.60. The Bertz CT molecular complexity index is 275. The van der Waals surface area contributed by atoms with E-state index in [0.29, 0.717) is 17.4 Å². The van der Waals surface area contributed by atoms with Gasteiger partial charge < -0.3 is 10.2 Å². The second-order valence-electron chi connectivity index (χ2n) is 6.08. The number of nitrogens with zero attached hydrogens (tertiary/aromatic N) is 1. The molecule has 3 nitrogen and oxygen atoms in total. The Labute approximate surface area is 98.6 Å². The molecule has 0 aromatic rings. The van der Waals surface area contributed by atoms with E-state index in [1.54, 1.807) is 0 Å². The van der Waals surface area contributed by atoms with Gasteiger partial charge in [-0.25, -0.2) is 0 Å².